The third kappa shape index (κ3) is 3.75. The Bertz CT molecular complexity index is 594. The van der Waals surface area contributed by atoms with Crippen molar-refractivity contribution in [1.29, 1.82) is 0 Å². The highest BCUT2D eigenvalue weighted by Crippen LogP contribution is 2.09. The Morgan fingerprint density at radius 1 is 1.47 bits per heavy atom. The predicted molar refractivity (Wildman–Crippen MR) is 77.4 cm³/mol. The van der Waals surface area contributed by atoms with Crippen molar-refractivity contribution in [2.75, 3.05) is 5.32 Å². The molecule has 0 unspecified atom stereocenters. The summed E-state index contributed by atoms with van der Waals surface area (Å²) in [7, 11) is 1.87. The van der Waals surface area contributed by atoms with Crippen molar-refractivity contribution in [3.05, 3.63) is 47.5 Å². The van der Waals surface area contributed by atoms with E-state index in [0.717, 1.165) is 11.3 Å². The molecule has 0 saturated carbocycles. The topological polar surface area (TPSA) is 41.9 Å². The van der Waals surface area contributed by atoms with E-state index in [1.54, 1.807) is 16.8 Å². The Morgan fingerprint density at radius 3 is 2.89 bits per heavy atom. The summed E-state index contributed by atoms with van der Waals surface area (Å²) in [5, 5.41) is 10.7. The van der Waals surface area contributed by atoms with E-state index >= 15 is 0 Å². The number of hydrogen-bond donors (Lipinski definition) is 2. The molecule has 0 fully saturated rings. The van der Waals surface area contributed by atoms with Gasteiger partial charge in [0.15, 0.2) is 5.11 Å². The highest BCUT2D eigenvalue weighted by atomic mass is 32.1. The third-order valence-electron chi connectivity index (χ3n) is 2.64. The van der Waals surface area contributed by atoms with Gasteiger partial charge < -0.3 is 10.6 Å². The van der Waals surface area contributed by atoms with Crippen LogP contribution < -0.4 is 10.6 Å². The highest BCUT2D eigenvalue weighted by Gasteiger charge is 2.04. The largest absolute Gasteiger partial charge is 0.358 e. The molecule has 0 spiro atoms. The molecule has 2 N–H and O–H groups in total. The average molecular weight is 278 g/mol. The van der Waals surface area contributed by atoms with Crippen molar-refractivity contribution in [2.45, 2.75) is 13.5 Å². The molecule has 2 aromatic rings. The minimum Gasteiger partial charge on any atom is -0.358 e. The van der Waals surface area contributed by atoms with Crippen molar-refractivity contribution < 1.29 is 4.39 Å². The fraction of sp³-hybridized carbons (Fsp3) is 0.231. The molecule has 0 amide bonds. The second kappa shape index (κ2) is 5.79. The molecule has 4 nitrogen and oxygen atoms in total. The molecule has 1 heterocycles. The lowest BCUT2D eigenvalue weighted by Gasteiger charge is -2.10. The molecule has 6 heteroatoms. The molecule has 0 atom stereocenters. The van der Waals surface area contributed by atoms with Gasteiger partial charge in [-0.25, -0.2) is 4.39 Å². The lowest BCUT2D eigenvalue weighted by Crippen LogP contribution is -2.28. The molecule has 0 saturated heterocycles. The first-order valence-corrected chi connectivity index (χ1v) is 6.25. The lowest BCUT2D eigenvalue weighted by molar-refractivity contribution is 0.628. The summed E-state index contributed by atoms with van der Waals surface area (Å²) >= 11 is 5.16. The van der Waals surface area contributed by atoms with E-state index in [1.807, 2.05) is 20.2 Å². The van der Waals surface area contributed by atoms with Gasteiger partial charge in [0.05, 0.1) is 5.69 Å². The quantitative estimate of drug-likeness (QED) is 0.846. The minimum absolute atomic E-state index is 0.295. The van der Waals surface area contributed by atoms with Crippen LogP contribution in [0.5, 0.6) is 0 Å². The first-order valence-electron chi connectivity index (χ1n) is 5.84. The first-order chi connectivity index (χ1) is 9.04. The summed E-state index contributed by atoms with van der Waals surface area (Å²) in [4.78, 5) is 0. The van der Waals surface area contributed by atoms with Gasteiger partial charge in [-0.2, -0.15) is 5.10 Å². The van der Waals surface area contributed by atoms with Crippen molar-refractivity contribution in [3.63, 3.8) is 0 Å². The van der Waals surface area contributed by atoms with Gasteiger partial charge in [0.2, 0.25) is 0 Å². The van der Waals surface area contributed by atoms with Crippen molar-refractivity contribution in [2.24, 2.45) is 7.05 Å². The number of nitrogens with one attached hydrogen (secondary N) is 2. The van der Waals surface area contributed by atoms with Gasteiger partial charge in [-0.3, -0.25) is 4.68 Å². The number of rotatable bonds is 3. The standard InChI is InChI=1S/C13H15FN4S/c1-9-10(8-18(2)17-9)7-15-13(19)16-12-5-3-4-11(14)6-12/h3-6,8H,7H2,1-2H3,(H2,15,16,19). The van der Waals surface area contributed by atoms with Crippen LogP contribution in [0.15, 0.2) is 30.5 Å². The number of halogens is 1. The monoisotopic (exact) mass is 278 g/mol. The Morgan fingerprint density at radius 2 is 2.26 bits per heavy atom. The second-order valence-electron chi connectivity index (χ2n) is 4.23. The van der Waals surface area contributed by atoms with Gasteiger partial charge in [0.1, 0.15) is 5.82 Å². The van der Waals surface area contributed by atoms with Crippen LogP contribution in [-0.2, 0) is 13.6 Å². The molecule has 100 valence electrons. The number of nitrogens with zero attached hydrogens (tertiary/aromatic N) is 2. The summed E-state index contributed by atoms with van der Waals surface area (Å²) in [5.41, 5.74) is 2.66. The van der Waals surface area contributed by atoms with Crippen LogP contribution in [0.1, 0.15) is 11.3 Å². The van der Waals surface area contributed by atoms with Gasteiger partial charge in [0, 0.05) is 31.0 Å². The Kier molecular flexibility index (Phi) is 4.11. The van der Waals surface area contributed by atoms with Crippen molar-refractivity contribution in [3.8, 4) is 0 Å². The first kappa shape index (κ1) is 13.5. The SMILES string of the molecule is Cc1nn(C)cc1CNC(=S)Nc1cccc(F)c1. The van der Waals surface area contributed by atoms with Gasteiger partial charge >= 0.3 is 0 Å². The van der Waals surface area contributed by atoms with Gasteiger partial charge in [-0.1, -0.05) is 6.07 Å². The molecular formula is C13H15FN4S. The molecule has 0 radical (unpaired) electrons. The zero-order valence-electron chi connectivity index (χ0n) is 10.8. The van der Waals surface area contributed by atoms with Crippen LogP contribution in [0.25, 0.3) is 0 Å². The summed E-state index contributed by atoms with van der Waals surface area (Å²) in [6.07, 6.45) is 1.94. The van der Waals surface area contributed by atoms with Crippen LogP contribution in [0.2, 0.25) is 0 Å². The minimum atomic E-state index is -0.295. The van der Waals surface area contributed by atoms with Gasteiger partial charge in [-0.15, -0.1) is 0 Å². The zero-order chi connectivity index (χ0) is 13.8. The van der Waals surface area contributed by atoms with Gasteiger partial charge in [0.25, 0.3) is 0 Å². The molecule has 2 rings (SSSR count). The predicted octanol–water partition coefficient (Wildman–Crippen LogP) is 2.35. The van der Waals surface area contributed by atoms with Crippen molar-refractivity contribution in [1.82, 2.24) is 15.1 Å². The summed E-state index contributed by atoms with van der Waals surface area (Å²) < 4.78 is 14.8. The van der Waals surface area contributed by atoms with E-state index < -0.39 is 0 Å². The Labute approximate surface area is 116 Å². The van der Waals surface area contributed by atoms with E-state index in [1.165, 1.54) is 12.1 Å². The van der Waals surface area contributed by atoms with Crippen LogP contribution in [-0.4, -0.2) is 14.9 Å². The third-order valence-corrected chi connectivity index (χ3v) is 2.88. The molecular weight excluding hydrogens is 263 g/mol. The molecule has 1 aromatic carbocycles. The Balaban J connectivity index is 1.90. The zero-order valence-corrected chi connectivity index (χ0v) is 11.6. The summed E-state index contributed by atoms with van der Waals surface area (Å²) in [5.74, 6) is -0.295. The number of aromatic nitrogens is 2. The van der Waals surface area contributed by atoms with Crippen LogP contribution in [0.3, 0.4) is 0 Å². The van der Waals surface area contributed by atoms with E-state index in [2.05, 4.69) is 15.7 Å². The second-order valence-corrected chi connectivity index (χ2v) is 4.64. The number of anilines is 1. The fourth-order valence-electron chi connectivity index (χ4n) is 1.74. The molecule has 0 aliphatic rings. The smallest absolute Gasteiger partial charge is 0.171 e. The Hall–Kier alpha value is -1.95. The fourth-order valence-corrected chi connectivity index (χ4v) is 1.93. The maximum atomic E-state index is 13.0. The highest BCUT2D eigenvalue weighted by molar-refractivity contribution is 7.80. The van der Waals surface area contributed by atoms with Crippen LogP contribution in [0, 0.1) is 12.7 Å². The molecule has 0 bridgehead atoms. The van der Waals surface area contributed by atoms with E-state index in [9.17, 15) is 4.39 Å². The summed E-state index contributed by atoms with van der Waals surface area (Å²) in [6.45, 7) is 2.53. The normalized spacial score (nSPS) is 10.3. The molecule has 19 heavy (non-hydrogen) atoms. The maximum absolute atomic E-state index is 13.0. The van der Waals surface area contributed by atoms with Gasteiger partial charge in [-0.05, 0) is 37.3 Å². The number of benzene rings is 1. The van der Waals surface area contributed by atoms with E-state index in [4.69, 9.17) is 12.2 Å². The maximum Gasteiger partial charge on any atom is 0.171 e. The number of thiocarbonyl (C=S) groups is 1. The average Bonchev–Trinajstić information content (AvgIpc) is 2.65. The van der Waals surface area contributed by atoms with E-state index in [0.29, 0.717) is 17.3 Å². The van der Waals surface area contributed by atoms with E-state index in [-0.39, 0.29) is 5.82 Å². The molecule has 0 aliphatic carbocycles. The molecule has 0 aliphatic heterocycles. The molecule has 1 aromatic heterocycles. The summed E-state index contributed by atoms with van der Waals surface area (Å²) in [6, 6.07) is 6.17. The van der Waals surface area contributed by atoms with Crippen LogP contribution in [0.4, 0.5) is 10.1 Å². The number of aryl methyl sites for hydroxylation is 2. The number of hydrogen-bond acceptors (Lipinski definition) is 2. The van der Waals surface area contributed by atoms with Crippen molar-refractivity contribution >= 4 is 23.0 Å². The van der Waals surface area contributed by atoms with Crippen LogP contribution >= 0.6 is 12.2 Å². The lowest BCUT2D eigenvalue weighted by atomic mass is 10.3.